The molecule has 1 aromatic carbocycles. The Morgan fingerprint density at radius 3 is 2.82 bits per heavy atom. The van der Waals surface area contributed by atoms with Crippen LogP contribution in [0.25, 0.3) is 0 Å². The first-order chi connectivity index (χ1) is 5.24. The maximum Gasteiger partial charge on any atom is 0.335 e. The second-order valence-corrected chi connectivity index (χ2v) is 2.22. The van der Waals surface area contributed by atoms with Crippen molar-refractivity contribution >= 4 is 18.7 Å². The first-order valence-electron chi connectivity index (χ1n) is 3.37. The second kappa shape index (κ2) is 3.24. The van der Waals surface area contributed by atoms with Crippen molar-refractivity contribution in [2.75, 3.05) is 0 Å². The van der Waals surface area contributed by atoms with Gasteiger partial charge in [0.05, 0.1) is 5.56 Å². The number of carboxylic acids is 1. The van der Waals surface area contributed by atoms with Gasteiger partial charge >= 0.3 is 5.97 Å². The van der Waals surface area contributed by atoms with E-state index in [1.54, 1.807) is 18.2 Å². The standard InChI is InChI=1S/C8H8BO2/c1-9-7-4-2-3-6(5-7)8(10)11/h2-5H,1H3,(H,10,11). The monoisotopic (exact) mass is 147 g/mol. The smallest absolute Gasteiger partial charge is 0.335 e. The van der Waals surface area contributed by atoms with Crippen LogP contribution in [0, 0.1) is 0 Å². The Morgan fingerprint density at radius 1 is 1.55 bits per heavy atom. The minimum Gasteiger partial charge on any atom is -0.478 e. The lowest BCUT2D eigenvalue weighted by Gasteiger charge is -1.96. The molecule has 0 fully saturated rings. The molecule has 0 atom stereocenters. The normalized spacial score (nSPS) is 9.18. The van der Waals surface area contributed by atoms with E-state index in [0.29, 0.717) is 5.56 Å². The summed E-state index contributed by atoms with van der Waals surface area (Å²) in [5.41, 5.74) is 1.27. The number of carboxylic acid groups (broad SMARTS) is 1. The zero-order chi connectivity index (χ0) is 8.27. The van der Waals surface area contributed by atoms with Crippen LogP contribution in [0.3, 0.4) is 0 Å². The first kappa shape index (κ1) is 7.86. The van der Waals surface area contributed by atoms with Crippen molar-refractivity contribution in [1.29, 1.82) is 0 Å². The molecule has 55 valence electrons. The maximum atomic E-state index is 10.5. The molecule has 0 aliphatic carbocycles. The molecule has 1 rings (SSSR count). The van der Waals surface area contributed by atoms with Gasteiger partial charge in [0.2, 0.25) is 0 Å². The van der Waals surface area contributed by atoms with Gasteiger partial charge in [-0.05, 0) is 6.07 Å². The summed E-state index contributed by atoms with van der Waals surface area (Å²) < 4.78 is 0. The molecule has 2 nitrogen and oxygen atoms in total. The zero-order valence-electron chi connectivity index (χ0n) is 6.24. The highest BCUT2D eigenvalue weighted by Crippen LogP contribution is 1.95. The second-order valence-electron chi connectivity index (χ2n) is 2.22. The molecule has 1 radical (unpaired) electrons. The molecule has 0 aliphatic heterocycles. The predicted octanol–water partition coefficient (Wildman–Crippen LogP) is 0.762. The Balaban J connectivity index is 3.01. The summed E-state index contributed by atoms with van der Waals surface area (Å²) in [7, 11) is 1.87. The van der Waals surface area contributed by atoms with Gasteiger partial charge in [-0.3, -0.25) is 0 Å². The van der Waals surface area contributed by atoms with Crippen LogP contribution in [0.4, 0.5) is 0 Å². The van der Waals surface area contributed by atoms with Crippen molar-refractivity contribution in [1.82, 2.24) is 0 Å². The number of hydrogen-bond donors (Lipinski definition) is 1. The number of rotatable bonds is 2. The van der Waals surface area contributed by atoms with Gasteiger partial charge in [-0.2, -0.15) is 0 Å². The minimum absolute atomic E-state index is 0.334. The van der Waals surface area contributed by atoms with Gasteiger partial charge in [0.15, 0.2) is 0 Å². The van der Waals surface area contributed by atoms with Crippen LogP contribution < -0.4 is 5.46 Å². The van der Waals surface area contributed by atoms with E-state index in [-0.39, 0.29) is 0 Å². The average Bonchev–Trinajstić information content (AvgIpc) is 2.05. The summed E-state index contributed by atoms with van der Waals surface area (Å²) in [6.45, 7) is 1.88. The van der Waals surface area contributed by atoms with E-state index in [1.165, 1.54) is 0 Å². The Bertz CT molecular complexity index is 271. The van der Waals surface area contributed by atoms with Crippen LogP contribution in [-0.2, 0) is 0 Å². The Hall–Kier alpha value is -1.25. The van der Waals surface area contributed by atoms with E-state index in [4.69, 9.17) is 5.11 Å². The van der Waals surface area contributed by atoms with Crippen molar-refractivity contribution in [2.45, 2.75) is 6.82 Å². The molecule has 1 N–H and O–H groups in total. The third-order valence-corrected chi connectivity index (χ3v) is 1.47. The largest absolute Gasteiger partial charge is 0.478 e. The van der Waals surface area contributed by atoms with E-state index in [9.17, 15) is 4.79 Å². The van der Waals surface area contributed by atoms with Crippen LogP contribution in [0.5, 0.6) is 0 Å². The van der Waals surface area contributed by atoms with Gasteiger partial charge in [0, 0.05) is 0 Å². The summed E-state index contributed by atoms with van der Waals surface area (Å²) in [6.07, 6.45) is 0. The van der Waals surface area contributed by atoms with Crippen molar-refractivity contribution in [3.05, 3.63) is 29.8 Å². The van der Waals surface area contributed by atoms with Crippen LogP contribution >= 0.6 is 0 Å². The lowest BCUT2D eigenvalue weighted by molar-refractivity contribution is 0.0697. The molecule has 3 heteroatoms. The quantitative estimate of drug-likeness (QED) is 0.627. The summed E-state index contributed by atoms with van der Waals surface area (Å²) in [4.78, 5) is 10.5. The molecule has 0 bridgehead atoms. The topological polar surface area (TPSA) is 37.3 Å². The Kier molecular flexibility index (Phi) is 2.31. The number of hydrogen-bond acceptors (Lipinski definition) is 1. The molecule has 0 saturated heterocycles. The Labute approximate surface area is 66.1 Å². The number of aromatic carboxylic acids is 1. The molecule has 1 aromatic rings. The van der Waals surface area contributed by atoms with E-state index < -0.39 is 5.97 Å². The number of carbonyl (C=O) groups is 1. The zero-order valence-corrected chi connectivity index (χ0v) is 6.24. The highest BCUT2D eigenvalue weighted by Gasteiger charge is 2.00. The molecule has 0 aromatic heterocycles. The molecule has 0 unspecified atom stereocenters. The Morgan fingerprint density at radius 2 is 2.27 bits per heavy atom. The minimum atomic E-state index is -0.881. The van der Waals surface area contributed by atoms with Crippen LogP contribution in [0.1, 0.15) is 10.4 Å². The maximum absolute atomic E-state index is 10.5. The van der Waals surface area contributed by atoms with Crippen molar-refractivity contribution in [3.63, 3.8) is 0 Å². The van der Waals surface area contributed by atoms with E-state index in [1.807, 2.05) is 20.2 Å². The van der Waals surface area contributed by atoms with Gasteiger partial charge in [-0.25, -0.2) is 4.79 Å². The van der Waals surface area contributed by atoms with Crippen molar-refractivity contribution in [3.8, 4) is 0 Å². The van der Waals surface area contributed by atoms with Crippen LogP contribution in [0.15, 0.2) is 24.3 Å². The molecular formula is C8H8BO2. The lowest BCUT2D eigenvalue weighted by atomic mass is 9.73. The fourth-order valence-corrected chi connectivity index (χ4v) is 0.851. The predicted molar refractivity (Wildman–Crippen MR) is 44.7 cm³/mol. The van der Waals surface area contributed by atoms with Gasteiger partial charge in [0.1, 0.15) is 7.28 Å². The van der Waals surface area contributed by atoms with Crippen LogP contribution in [-0.4, -0.2) is 18.4 Å². The summed E-state index contributed by atoms with van der Waals surface area (Å²) >= 11 is 0. The SMILES string of the molecule is C[B]c1cccc(C(=O)O)c1. The molecule has 11 heavy (non-hydrogen) atoms. The van der Waals surface area contributed by atoms with Crippen LogP contribution in [0.2, 0.25) is 6.82 Å². The molecule has 0 heterocycles. The van der Waals surface area contributed by atoms with Gasteiger partial charge < -0.3 is 5.11 Å². The molecule has 0 saturated carbocycles. The van der Waals surface area contributed by atoms with Crippen molar-refractivity contribution < 1.29 is 9.90 Å². The van der Waals surface area contributed by atoms with Gasteiger partial charge in [0.25, 0.3) is 0 Å². The molecule has 0 amide bonds. The fourth-order valence-electron chi connectivity index (χ4n) is 0.851. The van der Waals surface area contributed by atoms with E-state index in [0.717, 1.165) is 5.46 Å². The van der Waals surface area contributed by atoms with E-state index >= 15 is 0 Å². The summed E-state index contributed by atoms with van der Waals surface area (Å²) in [5.74, 6) is -0.881. The third kappa shape index (κ3) is 1.83. The lowest BCUT2D eigenvalue weighted by Crippen LogP contribution is -2.12. The van der Waals surface area contributed by atoms with Gasteiger partial charge in [-0.15, -0.1) is 0 Å². The first-order valence-corrected chi connectivity index (χ1v) is 3.37. The van der Waals surface area contributed by atoms with E-state index in [2.05, 4.69) is 0 Å². The number of benzene rings is 1. The van der Waals surface area contributed by atoms with Crippen molar-refractivity contribution in [2.24, 2.45) is 0 Å². The molecule has 0 aliphatic rings. The summed E-state index contributed by atoms with van der Waals surface area (Å²) in [5, 5.41) is 8.59. The third-order valence-electron chi connectivity index (χ3n) is 1.47. The molecular weight excluding hydrogens is 139 g/mol. The fraction of sp³-hybridized carbons (Fsp3) is 0.125. The highest BCUT2D eigenvalue weighted by atomic mass is 16.4. The van der Waals surface area contributed by atoms with Gasteiger partial charge in [-0.1, -0.05) is 30.5 Å². The summed E-state index contributed by atoms with van der Waals surface area (Å²) in [6, 6.07) is 6.82. The average molecular weight is 147 g/mol. The highest BCUT2D eigenvalue weighted by molar-refractivity contribution is 6.52. The molecule has 0 spiro atoms.